The lowest BCUT2D eigenvalue weighted by Crippen LogP contribution is -2.32. The van der Waals surface area contributed by atoms with Gasteiger partial charge in [0, 0.05) is 0 Å². The third-order valence-electron chi connectivity index (χ3n) is 1.23. The van der Waals surface area contributed by atoms with Gasteiger partial charge in [-0.2, -0.15) is 0 Å². The highest BCUT2D eigenvalue weighted by Gasteiger charge is 2.35. The number of aliphatic hydroxyl groups is 2. The molecule has 0 saturated carbocycles. The highest BCUT2D eigenvalue weighted by Crippen LogP contribution is 2.43. The Balaban J connectivity index is 4.36. The molecule has 0 aliphatic heterocycles. The lowest BCUT2D eigenvalue weighted by Gasteiger charge is -2.21. The summed E-state index contributed by atoms with van der Waals surface area (Å²) >= 11 is 0. The number of hydrogen-bond donors (Lipinski definition) is 4. The van der Waals surface area contributed by atoms with E-state index in [-0.39, 0.29) is 6.61 Å². The predicted octanol–water partition coefficient (Wildman–Crippen LogP) is -0.954. The van der Waals surface area contributed by atoms with Gasteiger partial charge in [-0.05, 0) is 0 Å². The van der Waals surface area contributed by atoms with Crippen LogP contribution in [0.3, 0.4) is 0 Å². The zero-order valence-electron chi connectivity index (χ0n) is 6.91. The Labute approximate surface area is 75.6 Å². The molecule has 78 valence electrons. The second-order valence-corrected chi connectivity index (χ2v) is 4.04. The Morgan fingerprint density at radius 3 is 2.38 bits per heavy atom. The van der Waals surface area contributed by atoms with E-state index in [9.17, 15) is 4.57 Å². The number of rotatable bonds is 6. The second-order valence-electron chi connectivity index (χ2n) is 2.35. The quantitative estimate of drug-likeness (QED) is 0.334. The van der Waals surface area contributed by atoms with Gasteiger partial charge in [0.2, 0.25) is 0 Å². The highest BCUT2D eigenvalue weighted by atomic mass is 31.2. The highest BCUT2D eigenvalue weighted by molar-refractivity contribution is 7.52. The summed E-state index contributed by atoms with van der Waals surface area (Å²) in [5, 5.41) is 17.4. The van der Waals surface area contributed by atoms with Gasteiger partial charge in [0.25, 0.3) is 0 Å². The SMILES string of the molecule is C=CCOC([C@@H](O)CO)P(=O)(O)O. The van der Waals surface area contributed by atoms with Crippen LogP contribution in [0.1, 0.15) is 0 Å². The summed E-state index contributed by atoms with van der Waals surface area (Å²) in [5.74, 6) is -1.70. The van der Waals surface area contributed by atoms with Gasteiger partial charge in [-0.15, -0.1) is 6.58 Å². The van der Waals surface area contributed by atoms with E-state index in [1.54, 1.807) is 0 Å². The Morgan fingerprint density at radius 2 is 2.08 bits per heavy atom. The third-order valence-corrected chi connectivity index (χ3v) is 2.39. The van der Waals surface area contributed by atoms with E-state index >= 15 is 0 Å². The van der Waals surface area contributed by atoms with Crippen molar-refractivity contribution in [2.75, 3.05) is 13.2 Å². The maximum atomic E-state index is 10.7. The average Bonchev–Trinajstić information content (AvgIpc) is 2.02. The molecule has 0 spiro atoms. The maximum Gasteiger partial charge on any atom is 0.356 e. The molecule has 0 bridgehead atoms. The molecule has 13 heavy (non-hydrogen) atoms. The van der Waals surface area contributed by atoms with Crippen LogP contribution in [0.5, 0.6) is 0 Å². The Kier molecular flexibility index (Phi) is 5.39. The van der Waals surface area contributed by atoms with Crippen molar-refractivity contribution in [2.24, 2.45) is 0 Å². The summed E-state index contributed by atoms with van der Waals surface area (Å²) in [7, 11) is -4.56. The molecule has 2 atom stereocenters. The molecule has 0 heterocycles. The second kappa shape index (κ2) is 5.49. The molecule has 0 aliphatic rings. The molecule has 0 aromatic rings. The first-order chi connectivity index (χ1) is 5.93. The average molecular weight is 212 g/mol. The van der Waals surface area contributed by atoms with Crippen LogP contribution in [0.15, 0.2) is 12.7 Å². The molecule has 0 aromatic heterocycles. The summed E-state index contributed by atoms with van der Waals surface area (Å²) in [5.41, 5.74) is 0. The van der Waals surface area contributed by atoms with Gasteiger partial charge in [0.1, 0.15) is 6.10 Å². The van der Waals surface area contributed by atoms with Crippen LogP contribution in [0.2, 0.25) is 0 Å². The smallest absolute Gasteiger partial charge is 0.356 e. The largest absolute Gasteiger partial charge is 0.394 e. The monoisotopic (exact) mass is 212 g/mol. The molecule has 1 unspecified atom stereocenters. The molecule has 0 saturated heterocycles. The predicted molar refractivity (Wildman–Crippen MR) is 45.1 cm³/mol. The van der Waals surface area contributed by atoms with Gasteiger partial charge < -0.3 is 24.7 Å². The molecule has 6 nitrogen and oxygen atoms in total. The zero-order chi connectivity index (χ0) is 10.5. The van der Waals surface area contributed by atoms with Crippen LogP contribution in [-0.2, 0) is 9.30 Å². The summed E-state index contributed by atoms with van der Waals surface area (Å²) in [6.45, 7) is 2.40. The lowest BCUT2D eigenvalue weighted by molar-refractivity contribution is -0.0194. The van der Waals surface area contributed by atoms with Crippen molar-refractivity contribution in [1.29, 1.82) is 0 Å². The van der Waals surface area contributed by atoms with Crippen molar-refractivity contribution >= 4 is 7.60 Å². The van der Waals surface area contributed by atoms with Gasteiger partial charge in [0.05, 0.1) is 13.2 Å². The van der Waals surface area contributed by atoms with Crippen LogP contribution in [-0.4, -0.2) is 45.2 Å². The minimum atomic E-state index is -4.56. The fourth-order valence-electron chi connectivity index (χ4n) is 0.689. The van der Waals surface area contributed by atoms with E-state index in [4.69, 9.17) is 20.0 Å². The van der Waals surface area contributed by atoms with E-state index in [1.165, 1.54) is 6.08 Å². The van der Waals surface area contributed by atoms with Crippen LogP contribution in [0.4, 0.5) is 0 Å². The fourth-order valence-corrected chi connectivity index (χ4v) is 1.51. The molecule has 0 fully saturated rings. The van der Waals surface area contributed by atoms with Crippen molar-refractivity contribution in [2.45, 2.75) is 11.9 Å². The van der Waals surface area contributed by atoms with Gasteiger partial charge in [0.15, 0.2) is 5.85 Å². The summed E-state index contributed by atoms with van der Waals surface area (Å²) < 4.78 is 15.3. The molecule has 0 amide bonds. The van der Waals surface area contributed by atoms with Crippen molar-refractivity contribution in [3.05, 3.63) is 12.7 Å². The van der Waals surface area contributed by atoms with Crippen molar-refractivity contribution < 1.29 is 29.3 Å². The van der Waals surface area contributed by atoms with Crippen LogP contribution in [0, 0.1) is 0 Å². The molecule has 0 aromatic carbocycles. The lowest BCUT2D eigenvalue weighted by atomic mass is 10.4. The van der Waals surface area contributed by atoms with E-state index in [1.807, 2.05) is 0 Å². The van der Waals surface area contributed by atoms with Crippen LogP contribution in [0.25, 0.3) is 0 Å². The number of aliphatic hydroxyl groups excluding tert-OH is 2. The molecule has 0 aliphatic carbocycles. The van der Waals surface area contributed by atoms with E-state index < -0.39 is 26.2 Å². The molecular weight excluding hydrogens is 199 g/mol. The Hall–Kier alpha value is -0.230. The van der Waals surface area contributed by atoms with Gasteiger partial charge in [-0.25, -0.2) is 0 Å². The van der Waals surface area contributed by atoms with Gasteiger partial charge in [-0.1, -0.05) is 6.08 Å². The minimum absolute atomic E-state index is 0.104. The zero-order valence-corrected chi connectivity index (χ0v) is 7.80. The summed E-state index contributed by atoms with van der Waals surface area (Å²) in [4.78, 5) is 17.4. The molecular formula is C6H13O6P. The first-order valence-corrected chi connectivity index (χ1v) is 5.18. The van der Waals surface area contributed by atoms with Crippen LogP contribution < -0.4 is 0 Å². The van der Waals surface area contributed by atoms with Gasteiger partial charge in [-0.3, -0.25) is 4.57 Å². The molecule has 0 rings (SSSR count). The summed E-state index contributed by atoms with van der Waals surface area (Å²) in [6, 6.07) is 0. The molecule has 4 N–H and O–H groups in total. The van der Waals surface area contributed by atoms with Crippen molar-refractivity contribution in [3.63, 3.8) is 0 Å². The fraction of sp³-hybridized carbons (Fsp3) is 0.667. The maximum absolute atomic E-state index is 10.7. The molecule has 0 radical (unpaired) electrons. The standard InChI is InChI=1S/C6H13O6P/c1-2-3-12-6(5(8)4-7)13(9,10)11/h2,5-8H,1,3-4H2,(H2,9,10,11)/t5-,6?/m0/s1. The third kappa shape index (κ3) is 4.52. The van der Waals surface area contributed by atoms with Crippen molar-refractivity contribution in [1.82, 2.24) is 0 Å². The number of hydrogen-bond acceptors (Lipinski definition) is 4. The van der Waals surface area contributed by atoms with E-state index in [0.29, 0.717) is 0 Å². The van der Waals surface area contributed by atoms with E-state index in [2.05, 4.69) is 11.3 Å². The molecule has 7 heteroatoms. The first kappa shape index (κ1) is 12.8. The first-order valence-electron chi connectivity index (χ1n) is 3.50. The van der Waals surface area contributed by atoms with Crippen molar-refractivity contribution in [3.8, 4) is 0 Å². The topological polar surface area (TPSA) is 107 Å². The Bertz CT molecular complexity index is 199. The normalized spacial score (nSPS) is 16.6. The van der Waals surface area contributed by atoms with E-state index in [0.717, 1.165) is 0 Å². The summed E-state index contributed by atoms with van der Waals surface area (Å²) in [6.07, 6.45) is -0.312. The number of ether oxygens (including phenoxy) is 1. The minimum Gasteiger partial charge on any atom is -0.394 e. The van der Waals surface area contributed by atoms with Gasteiger partial charge >= 0.3 is 7.60 Å². The Morgan fingerprint density at radius 1 is 1.54 bits per heavy atom. The van der Waals surface area contributed by atoms with Crippen LogP contribution >= 0.6 is 7.60 Å².